The first-order chi connectivity index (χ1) is 13.2. The van der Waals surface area contributed by atoms with Crippen LogP contribution in [0, 0.1) is 0 Å². The van der Waals surface area contributed by atoms with Gasteiger partial charge < -0.3 is 14.6 Å². The molecular formula is C21H23N3O3. The van der Waals surface area contributed by atoms with E-state index in [4.69, 9.17) is 9.26 Å². The quantitative estimate of drug-likeness (QED) is 0.645. The molecule has 6 heteroatoms. The Kier molecular flexibility index (Phi) is 6.20. The van der Waals surface area contributed by atoms with E-state index in [1.165, 1.54) is 5.56 Å². The molecule has 0 spiro atoms. The summed E-state index contributed by atoms with van der Waals surface area (Å²) in [4.78, 5) is 16.4. The molecule has 0 saturated carbocycles. The lowest BCUT2D eigenvalue weighted by molar-refractivity contribution is -0.116. The number of nitrogens with one attached hydrogen (secondary N) is 1. The monoisotopic (exact) mass is 365 g/mol. The van der Waals surface area contributed by atoms with E-state index in [-0.39, 0.29) is 5.91 Å². The summed E-state index contributed by atoms with van der Waals surface area (Å²) in [6.07, 6.45) is 2.58. The number of methoxy groups -OCH3 is 1. The summed E-state index contributed by atoms with van der Waals surface area (Å²) in [5.41, 5.74) is 2.92. The van der Waals surface area contributed by atoms with E-state index in [0.717, 1.165) is 23.4 Å². The molecule has 0 atom stereocenters. The summed E-state index contributed by atoms with van der Waals surface area (Å²) in [7, 11) is 1.62. The standard InChI is InChI=1S/C21H23N3O3/c1-3-15-7-11-17(12-8-15)22-19(25)5-4-6-20-23-21(24-27-20)16-9-13-18(26-2)14-10-16/h7-14H,3-6H2,1-2H3,(H,22,25). The Morgan fingerprint density at radius 2 is 1.85 bits per heavy atom. The predicted molar refractivity (Wildman–Crippen MR) is 104 cm³/mol. The molecule has 0 unspecified atom stereocenters. The van der Waals surface area contributed by atoms with E-state index >= 15 is 0 Å². The highest BCUT2D eigenvalue weighted by Crippen LogP contribution is 2.20. The largest absolute Gasteiger partial charge is 0.497 e. The minimum Gasteiger partial charge on any atom is -0.497 e. The number of ether oxygens (including phenoxy) is 1. The van der Waals surface area contributed by atoms with Gasteiger partial charge in [-0.2, -0.15) is 4.98 Å². The Morgan fingerprint density at radius 1 is 1.11 bits per heavy atom. The number of hydrogen-bond acceptors (Lipinski definition) is 5. The second-order valence-electron chi connectivity index (χ2n) is 6.19. The van der Waals surface area contributed by atoms with E-state index < -0.39 is 0 Å². The van der Waals surface area contributed by atoms with Gasteiger partial charge in [0.25, 0.3) is 0 Å². The Morgan fingerprint density at radius 3 is 2.52 bits per heavy atom. The van der Waals surface area contributed by atoms with Crippen LogP contribution < -0.4 is 10.1 Å². The van der Waals surface area contributed by atoms with Gasteiger partial charge in [0.2, 0.25) is 17.6 Å². The number of amides is 1. The number of carbonyl (C=O) groups excluding carboxylic acids is 1. The van der Waals surface area contributed by atoms with Gasteiger partial charge >= 0.3 is 0 Å². The van der Waals surface area contributed by atoms with Crippen LogP contribution in [-0.2, 0) is 17.6 Å². The zero-order valence-electron chi connectivity index (χ0n) is 15.6. The maximum Gasteiger partial charge on any atom is 0.226 e. The molecule has 0 bridgehead atoms. The lowest BCUT2D eigenvalue weighted by atomic mass is 10.1. The number of rotatable bonds is 8. The molecule has 1 aromatic heterocycles. The third-order valence-electron chi connectivity index (χ3n) is 4.26. The van der Waals surface area contributed by atoms with Gasteiger partial charge in [-0.15, -0.1) is 0 Å². The average molecular weight is 365 g/mol. The van der Waals surface area contributed by atoms with Crippen LogP contribution in [0.4, 0.5) is 5.69 Å². The maximum atomic E-state index is 12.1. The van der Waals surface area contributed by atoms with Gasteiger partial charge in [-0.25, -0.2) is 0 Å². The van der Waals surface area contributed by atoms with Crippen molar-refractivity contribution in [2.45, 2.75) is 32.6 Å². The van der Waals surface area contributed by atoms with Gasteiger partial charge in [0, 0.05) is 24.1 Å². The molecule has 0 aliphatic rings. The maximum absolute atomic E-state index is 12.1. The van der Waals surface area contributed by atoms with E-state index in [9.17, 15) is 4.79 Å². The highest BCUT2D eigenvalue weighted by Gasteiger charge is 2.10. The van der Waals surface area contributed by atoms with Crippen molar-refractivity contribution in [3.63, 3.8) is 0 Å². The van der Waals surface area contributed by atoms with Crippen molar-refractivity contribution in [2.24, 2.45) is 0 Å². The van der Waals surface area contributed by atoms with E-state index in [0.29, 0.717) is 31.0 Å². The molecule has 1 amide bonds. The van der Waals surface area contributed by atoms with E-state index in [1.807, 2.05) is 48.5 Å². The first-order valence-electron chi connectivity index (χ1n) is 9.03. The number of nitrogens with zero attached hydrogens (tertiary/aromatic N) is 2. The van der Waals surface area contributed by atoms with Gasteiger partial charge in [0.15, 0.2) is 0 Å². The molecule has 140 valence electrons. The van der Waals surface area contributed by atoms with Crippen molar-refractivity contribution < 1.29 is 14.1 Å². The Bertz CT molecular complexity index is 870. The van der Waals surface area contributed by atoms with Crippen molar-refractivity contribution in [1.29, 1.82) is 0 Å². The Hall–Kier alpha value is -3.15. The fourth-order valence-corrected chi connectivity index (χ4v) is 2.66. The molecule has 0 saturated heterocycles. The summed E-state index contributed by atoms with van der Waals surface area (Å²) in [5, 5.41) is 6.90. The number of carbonyl (C=O) groups is 1. The van der Waals surface area contributed by atoms with Crippen LogP contribution in [0.5, 0.6) is 5.75 Å². The predicted octanol–water partition coefficient (Wildman–Crippen LogP) is 4.27. The van der Waals surface area contributed by atoms with Gasteiger partial charge in [0.05, 0.1) is 7.11 Å². The van der Waals surface area contributed by atoms with Crippen LogP contribution >= 0.6 is 0 Å². The topological polar surface area (TPSA) is 77.2 Å². The molecular weight excluding hydrogens is 342 g/mol. The second-order valence-corrected chi connectivity index (χ2v) is 6.19. The molecule has 0 radical (unpaired) electrons. The summed E-state index contributed by atoms with van der Waals surface area (Å²) in [6, 6.07) is 15.4. The molecule has 6 nitrogen and oxygen atoms in total. The average Bonchev–Trinajstić information content (AvgIpc) is 3.17. The molecule has 27 heavy (non-hydrogen) atoms. The summed E-state index contributed by atoms with van der Waals surface area (Å²) in [6.45, 7) is 2.10. The normalized spacial score (nSPS) is 10.6. The Balaban J connectivity index is 1.47. The van der Waals surface area contributed by atoms with Crippen LogP contribution in [0.15, 0.2) is 53.1 Å². The van der Waals surface area contributed by atoms with E-state index in [1.54, 1.807) is 7.11 Å². The zero-order chi connectivity index (χ0) is 19.1. The highest BCUT2D eigenvalue weighted by molar-refractivity contribution is 5.90. The zero-order valence-corrected chi connectivity index (χ0v) is 15.6. The van der Waals surface area contributed by atoms with Crippen LogP contribution in [0.2, 0.25) is 0 Å². The first-order valence-corrected chi connectivity index (χ1v) is 9.03. The molecule has 3 rings (SSSR count). The number of hydrogen-bond donors (Lipinski definition) is 1. The van der Waals surface area contributed by atoms with Crippen LogP contribution in [0.1, 0.15) is 31.2 Å². The molecule has 3 aromatic rings. The lowest BCUT2D eigenvalue weighted by Crippen LogP contribution is -2.11. The van der Waals surface area contributed by atoms with Crippen LogP contribution in [0.25, 0.3) is 11.4 Å². The lowest BCUT2D eigenvalue weighted by Gasteiger charge is -2.05. The number of benzene rings is 2. The molecule has 0 aliphatic carbocycles. The van der Waals surface area contributed by atoms with Crippen molar-refractivity contribution >= 4 is 11.6 Å². The molecule has 2 aromatic carbocycles. The number of aromatic nitrogens is 2. The smallest absolute Gasteiger partial charge is 0.226 e. The van der Waals surface area contributed by atoms with E-state index in [2.05, 4.69) is 22.4 Å². The first kappa shape index (κ1) is 18.6. The third-order valence-corrected chi connectivity index (χ3v) is 4.26. The van der Waals surface area contributed by atoms with Crippen molar-refractivity contribution in [1.82, 2.24) is 10.1 Å². The fraction of sp³-hybridized carbons (Fsp3) is 0.286. The number of aryl methyl sites for hydroxylation is 2. The molecule has 1 N–H and O–H groups in total. The van der Waals surface area contributed by atoms with Crippen LogP contribution in [-0.4, -0.2) is 23.2 Å². The summed E-state index contributed by atoms with van der Waals surface area (Å²) >= 11 is 0. The van der Waals surface area contributed by atoms with Crippen molar-refractivity contribution in [3.05, 3.63) is 60.0 Å². The molecule has 0 fully saturated rings. The molecule has 1 heterocycles. The number of anilines is 1. The third kappa shape index (κ3) is 5.17. The fourth-order valence-electron chi connectivity index (χ4n) is 2.66. The van der Waals surface area contributed by atoms with Gasteiger partial charge in [-0.3, -0.25) is 4.79 Å². The van der Waals surface area contributed by atoms with Crippen molar-refractivity contribution in [2.75, 3.05) is 12.4 Å². The van der Waals surface area contributed by atoms with Gasteiger partial charge in [0.1, 0.15) is 5.75 Å². The molecule has 0 aliphatic heterocycles. The highest BCUT2D eigenvalue weighted by atomic mass is 16.5. The second kappa shape index (κ2) is 8.98. The van der Waals surface area contributed by atoms with Crippen LogP contribution in [0.3, 0.4) is 0 Å². The SMILES string of the molecule is CCc1ccc(NC(=O)CCCc2nc(-c3ccc(OC)cc3)no2)cc1. The summed E-state index contributed by atoms with van der Waals surface area (Å²) < 4.78 is 10.4. The summed E-state index contributed by atoms with van der Waals surface area (Å²) in [5.74, 6) is 1.82. The van der Waals surface area contributed by atoms with Gasteiger partial charge in [-0.05, 0) is 54.8 Å². The Labute approximate surface area is 158 Å². The van der Waals surface area contributed by atoms with Crippen molar-refractivity contribution in [3.8, 4) is 17.1 Å². The van der Waals surface area contributed by atoms with Gasteiger partial charge in [-0.1, -0.05) is 24.2 Å². The minimum atomic E-state index is -0.0193. The minimum absolute atomic E-state index is 0.0193.